The van der Waals surface area contributed by atoms with Crippen LogP contribution in [-0.4, -0.2) is 0 Å². The molecular weight excluding hydrogens is 248 g/mol. The van der Waals surface area contributed by atoms with E-state index in [4.69, 9.17) is 8.83 Å². The van der Waals surface area contributed by atoms with Gasteiger partial charge in [-0.15, -0.1) is 0 Å². The van der Waals surface area contributed by atoms with Gasteiger partial charge in [-0.3, -0.25) is 0 Å². The highest BCUT2D eigenvalue weighted by Crippen LogP contribution is 2.38. The van der Waals surface area contributed by atoms with Crippen LogP contribution in [0.4, 0.5) is 0 Å². The van der Waals surface area contributed by atoms with Crippen molar-refractivity contribution in [2.24, 2.45) is 0 Å². The summed E-state index contributed by atoms with van der Waals surface area (Å²) in [5.74, 6) is 0. The molecule has 2 heteroatoms. The molecule has 0 aliphatic rings. The topological polar surface area (TPSA) is 26.3 Å². The summed E-state index contributed by atoms with van der Waals surface area (Å²) in [6, 6.07) is 20.4. The van der Waals surface area contributed by atoms with Gasteiger partial charge in [-0.2, -0.15) is 0 Å². The maximum atomic E-state index is 6.00. The van der Waals surface area contributed by atoms with Crippen LogP contribution in [-0.2, 0) is 0 Å². The summed E-state index contributed by atoms with van der Waals surface area (Å²) in [7, 11) is 0. The lowest BCUT2D eigenvalue weighted by Gasteiger charge is -1.90. The Morgan fingerprint density at radius 3 is 1.40 bits per heavy atom. The van der Waals surface area contributed by atoms with Crippen LogP contribution in [0.2, 0.25) is 0 Å². The fourth-order valence-electron chi connectivity index (χ4n) is 2.97. The fourth-order valence-corrected chi connectivity index (χ4v) is 2.97. The van der Waals surface area contributed by atoms with Crippen LogP contribution >= 0.6 is 0 Å². The molecule has 0 amide bonds. The number of para-hydroxylation sites is 2. The molecule has 0 bridgehead atoms. The molecule has 0 saturated carbocycles. The first kappa shape index (κ1) is 10.1. The summed E-state index contributed by atoms with van der Waals surface area (Å²) in [5.41, 5.74) is 3.46. The lowest BCUT2D eigenvalue weighted by atomic mass is 10.1. The minimum atomic E-state index is 0.833. The number of benzene rings is 3. The van der Waals surface area contributed by atoms with Crippen LogP contribution in [0.25, 0.3) is 43.9 Å². The molecule has 5 rings (SSSR count). The Bertz CT molecular complexity index is 1010. The Morgan fingerprint density at radius 1 is 0.450 bits per heavy atom. The normalized spacial score (nSPS) is 12.0. The Hall–Kier alpha value is -2.74. The minimum absolute atomic E-state index is 0.833. The molecule has 5 aromatic rings. The van der Waals surface area contributed by atoms with Gasteiger partial charge in [0, 0.05) is 21.5 Å². The molecule has 2 nitrogen and oxygen atoms in total. The molecule has 0 spiro atoms. The molecule has 2 aromatic heterocycles. The number of fused-ring (bicyclic) bond motifs is 7. The van der Waals surface area contributed by atoms with Crippen LogP contribution in [0.15, 0.2) is 69.5 Å². The van der Waals surface area contributed by atoms with Gasteiger partial charge < -0.3 is 8.83 Å². The zero-order valence-electron chi connectivity index (χ0n) is 10.6. The third-order valence-electron chi connectivity index (χ3n) is 3.89. The number of furan rings is 2. The molecule has 0 atom stereocenters. The highest BCUT2D eigenvalue weighted by Gasteiger charge is 2.14. The van der Waals surface area contributed by atoms with E-state index in [0.29, 0.717) is 0 Å². The summed E-state index contributed by atoms with van der Waals surface area (Å²) in [6.45, 7) is 0. The Morgan fingerprint density at radius 2 is 0.900 bits per heavy atom. The summed E-state index contributed by atoms with van der Waals surface area (Å²) in [4.78, 5) is 0. The summed E-state index contributed by atoms with van der Waals surface area (Å²) in [5, 5.41) is 4.47. The van der Waals surface area contributed by atoms with Crippen molar-refractivity contribution in [1.82, 2.24) is 0 Å². The molecule has 3 aromatic carbocycles. The molecule has 0 radical (unpaired) electrons. The van der Waals surface area contributed by atoms with Gasteiger partial charge in [0.05, 0.1) is 0 Å². The smallest absolute Gasteiger partial charge is 0.178 e. The van der Waals surface area contributed by atoms with Crippen molar-refractivity contribution in [2.45, 2.75) is 0 Å². The highest BCUT2D eigenvalue weighted by atomic mass is 16.4. The second kappa shape index (κ2) is 3.42. The van der Waals surface area contributed by atoms with Gasteiger partial charge in [0.25, 0.3) is 0 Å². The van der Waals surface area contributed by atoms with Gasteiger partial charge in [-0.25, -0.2) is 0 Å². The van der Waals surface area contributed by atoms with Crippen LogP contribution in [0.1, 0.15) is 0 Å². The molecule has 20 heavy (non-hydrogen) atoms. The third-order valence-corrected chi connectivity index (χ3v) is 3.89. The van der Waals surface area contributed by atoms with Crippen molar-refractivity contribution in [3.63, 3.8) is 0 Å². The lowest BCUT2D eigenvalue weighted by molar-refractivity contribution is 0.633. The maximum absolute atomic E-state index is 6.00. The molecule has 0 N–H and O–H groups in total. The van der Waals surface area contributed by atoms with Crippen molar-refractivity contribution in [3.8, 4) is 0 Å². The van der Waals surface area contributed by atoms with Crippen molar-refractivity contribution in [2.75, 3.05) is 0 Å². The number of hydrogen-bond donors (Lipinski definition) is 0. The first-order valence-corrected chi connectivity index (χ1v) is 6.63. The first-order chi connectivity index (χ1) is 9.92. The lowest BCUT2D eigenvalue weighted by Crippen LogP contribution is -1.68. The van der Waals surface area contributed by atoms with E-state index in [-0.39, 0.29) is 0 Å². The van der Waals surface area contributed by atoms with E-state index in [1.165, 1.54) is 0 Å². The quantitative estimate of drug-likeness (QED) is 0.367. The second-order valence-electron chi connectivity index (χ2n) is 5.02. The molecule has 94 valence electrons. The van der Waals surface area contributed by atoms with Crippen molar-refractivity contribution < 1.29 is 8.83 Å². The van der Waals surface area contributed by atoms with E-state index in [0.717, 1.165) is 43.9 Å². The third kappa shape index (κ3) is 1.14. The molecule has 0 saturated heterocycles. The average Bonchev–Trinajstić information content (AvgIpc) is 3.05. The first-order valence-electron chi connectivity index (χ1n) is 6.63. The molecule has 0 fully saturated rings. The summed E-state index contributed by atoms with van der Waals surface area (Å²) < 4.78 is 12.0. The second-order valence-corrected chi connectivity index (χ2v) is 5.02. The number of hydrogen-bond acceptors (Lipinski definition) is 2. The average molecular weight is 258 g/mol. The van der Waals surface area contributed by atoms with Crippen molar-refractivity contribution in [3.05, 3.63) is 60.7 Å². The standard InChI is InChI=1S/C18H10O2/c1-3-7-15-11(5-1)13-9-10-14-12-6-2-4-8-16(12)20-18(14)17(13)19-15/h1-10H. The van der Waals surface area contributed by atoms with Gasteiger partial charge in [0.1, 0.15) is 11.2 Å². The molecule has 2 heterocycles. The van der Waals surface area contributed by atoms with E-state index >= 15 is 0 Å². The molecular formula is C18H10O2. The predicted molar refractivity (Wildman–Crippen MR) is 81.0 cm³/mol. The zero-order valence-corrected chi connectivity index (χ0v) is 10.6. The Labute approximate surface area is 114 Å². The van der Waals surface area contributed by atoms with E-state index in [2.05, 4.69) is 24.3 Å². The number of rotatable bonds is 0. The van der Waals surface area contributed by atoms with Crippen LogP contribution in [0, 0.1) is 0 Å². The van der Waals surface area contributed by atoms with Crippen molar-refractivity contribution >= 4 is 43.9 Å². The Kier molecular flexibility index (Phi) is 1.73. The van der Waals surface area contributed by atoms with Crippen LogP contribution in [0.5, 0.6) is 0 Å². The summed E-state index contributed by atoms with van der Waals surface area (Å²) in [6.07, 6.45) is 0. The molecule has 0 aliphatic heterocycles. The van der Waals surface area contributed by atoms with E-state index in [9.17, 15) is 0 Å². The molecule has 0 unspecified atom stereocenters. The molecule has 0 aliphatic carbocycles. The van der Waals surface area contributed by atoms with Crippen molar-refractivity contribution in [1.29, 1.82) is 0 Å². The monoisotopic (exact) mass is 258 g/mol. The van der Waals surface area contributed by atoms with E-state index in [1.54, 1.807) is 0 Å². The highest BCUT2D eigenvalue weighted by molar-refractivity contribution is 6.18. The minimum Gasteiger partial charge on any atom is -0.452 e. The van der Waals surface area contributed by atoms with Crippen LogP contribution < -0.4 is 0 Å². The van der Waals surface area contributed by atoms with Gasteiger partial charge in [0.15, 0.2) is 11.2 Å². The van der Waals surface area contributed by atoms with Crippen LogP contribution in [0.3, 0.4) is 0 Å². The SMILES string of the molecule is c1ccc2c(c1)oc1c2ccc2c3ccccc3oc21. The fraction of sp³-hybridized carbons (Fsp3) is 0. The summed E-state index contributed by atoms with van der Waals surface area (Å²) >= 11 is 0. The van der Waals surface area contributed by atoms with Gasteiger partial charge in [0.2, 0.25) is 0 Å². The zero-order chi connectivity index (χ0) is 13.1. The van der Waals surface area contributed by atoms with Gasteiger partial charge in [-0.05, 0) is 24.3 Å². The predicted octanol–water partition coefficient (Wildman–Crippen LogP) is 5.49. The largest absolute Gasteiger partial charge is 0.452 e. The maximum Gasteiger partial charge on any atom is 0.178 e. The Balaban J connectivity index is 2.10. The van der Waals surface area contributed by atoms with Gasteiger partial charge in [-0.1, -0.05) is 36.4 Å². The van der Waals surface area contributed by atoms with Gasteiger partial charge >= 0.3 is 0 Å². The van der Waals surface area contributed by atoms with E-state index in [1.807, 2.05) is 36.4 Å². The van der Waals surface area contributed by atoms with E-state index < -0.39 is 0 Å².